The summed E-state index contributed by atoms with van der Waals surface area (Å²) < 4.78 is 57.2. The summed E-state index contributed by atoms with van der Waals surface area (Å²) in [4.78, 5) is 0.150. The van der Waals surface area contributed by atoms with Crippen molar-refractivity contribution in [2.45, 2.75) is 23.9 Å². The summed E-state index contributed by atoms with van der Waals surface area (Å²) in [5, 5.41) is 1.76. The lowest BCUT2D eigenvalue weighted by atomic mass is 10.1. The van der Waals surface area contributed by atoms with Crippen LogP contribution in [0.25, 0.3) is 10.8 Å². The van der Waals surface area contributed by atoms with Gasteiger partial charge in [-0.2, -0.15) is 4.31 Å². The molecule has 4 rings (SSSR count). The van der Waals surface area contributed by atoms with Crippen molar-refractivity contribution in [2.24, 2.45) is 0 Å². The number of benzene rings is 2. The van der Waals surface area contributed by atoms with Gasteiger partial charge < -0.3 is 4.42 Å². The Kier molecular flexibility index (Phi) is 4.57. The Morgan fingerprint density at radius 1 is 1.04 bits per heavy atom. The third kappa shape index (κ3) is 3.65. The molecule has 0 N–H and O–H groups in total. The first kappa shape index (κ1) is 18.2. The first-order valence-corrected chi connectivity index (χ1v) is 11.8. The molecule has 0 amide bonds. The lowest BCUT2D eigenvalue weighted by Crippen LogP contribution is -2.40. The molecule has 1 atom stereocenters. The Labute approximate surface area is 158 Å². The SMILES string of the molecule is O=S1(=O)CC[C@H](N(Cc2ccco2)S(=O)(=O)c2ccc3ccccc3c2)C1. The molecule has 1 aliphatic heterocycles. The predicted octanol–water partition coefficient (Wildman–Crippen LogP) is 2.81. The molecule has 0 radical (unpaired) electrons. The molecule has 6 nitrogen and oxygen atoms in total. The molecule has 0 unspecified atom stereocenters. The van der Waals surface area contributed by atoms with Crippen LogP contribution in [-0.2, 0) is 26.4 Å². The third-order valence-corrected chi connectivity index (χ3v) is 8.48. The van der Waals surface area contributed by atoms with Gasteiger partial charge in [0.2, 0.25) is 10.0 Å². The van der Waals surface area contributed by atoms with E-state index in [2.05, 4.69) is 0 Å². The molecule has 27 heavy (non-hydrogen) atoms. The van der Waals surface area contributed by atoms with Gasteiger partial charge in [-0.1, -0.05) is 30.3 Å². The van der Waals surface area contributed by atoms with E-state index in [1.165, 1.54) is 10.6 Å². The molecule has 2 aromatic carbocycles. The highest BCUT2D eigenvalue weighted by Gasteiger charge is 2.39. The molecule has 0 spiro atoms. The number of sulfonamides is 1. The fourth-order valence-electron chi connectivity index (χ4n) is 3.43. The van der Waals surface area contributed by atoms with Gasteiger partial charge in [-0.15, -0.1) is 0 Å². The van der Waals surface area contributed by atoms with E-state index in [-0.39, 0.29) is 29.4 Å². The molecule has 3 aromatic rings. The highest BCUT2D eigenvalue weighted by molar-refractivity contribution is 7.92. The number of hydrogen-bond donors (Lipinski definition) is 0. The highest BCUT2D eigenvalue weighted by Crippen LogP contribution is 2.29. The molecular weight excluding hydrogens is 386 g/mol. The van der Waals surface area contributed by atoms with Crippen molar-refractivity contribution >= 4 is 30.6 Å². The maximum absolute atomic E-state index is 13.4. The van der Waals surface area contributed by atoms with Gasteiger partial charge in [0.25, 0.3) is 0 Å². The summed E-state index contributed by atoms with van der Waals surface area (Å²) in [6, 6.07) is 15.2. The van der Waals surface area contributed by atoms with Crippen LogP contribution in [-0.4, -0.2) is 38.7 Å². The Hall–Kier alpha value is -2.16. The second kappa shape index (κ2) is 6.78. The van der Waals surface area contributed by atoms with Crippen molar-refractivity contribution in [3.8, 4) is 0 Å². The maximum atomic E-state index is 13.4. The molecule has 0 aliphatic carbocycles. The Bertz CT molecular complexity index is 1170. The number of rotatable bonds is 5. The maximum Gasteiger partial charge on any atom is 0.243 e. The number of fused-ring (bicyclic) bond motifs is 1. The second-order valence-corrected chi connectivity index (χ2v) is 10.8. The van der Waals surface area contributed by atoms with E-state index in [1.807, 2.05) is 24.3 Å². The lowest BCUT2D eigenvalue weighted by molar-refractivity contribution is 0.307. The van der Waals surface area contributed by atoms with Gasteiger partial charge in [-0.25, -0.2) is 16.8 Å². The monoisotopic (exact) mass is 405 g/mol. The van der Waals surface area contributed by atoms with Crippen LogP contribution in [0.5, 0.6) is 0 Å². The van der Waals surface area contributed by atoms with E-state index in [0.717, 1.165) is 10.8 Å². The van der Waals surface area contributed by atoms with Gasteiger partial charge in [0.15, 0.2) is 9.84 Å². The van der Waals surface area contributed by atoms with Crippen LogP contribution >= 0.6 is 0 Å². The van der Waals surface area contributed by atoms with Crippen LogP contribution in [0.2, 0.25) is 0 Å². The topological polar surface area (TPSA) is 84.7 Å². The zero-order valence-electron chi connectivity index (χ0n) is 14.5. The summed E-state index contributed by atoms with van der Waals surface area (Å²) in [5.41, 5.74) is 0. The normalized spacial score (nSPS) is 19.7. The quantitative estimate of drug-likeness (QED) is 0.652. The second-order valence-electron chi connectivity index (χ2n) is 6.70. The van der Waals surface area contributed by atoms with E-state index >= 15 is 0 Å². The fourth-order valence-corrected chi connectivity index (χ4v) is 6.91. The summed E-state index contributed by atoms with van der Waals surface area (Å²) in [6.45, 7) is 0.00233. The summed E-state index contributed by atoms with van der Waals surface area (Å²) in [6.07, 6.45) is 1.76. The van der Waals surface area contributed by atoms with E-state index in [1.54, 1.807) is 30.3 Å². The highest BCUT2D eigenvalue weighted by atomic mass is 32.2. The van der Waals surface area contributed by atoms with Crippen molar-refractivity contribution in [2.75, 3.05) is 11.5 Å². The van der Waals surface area contributed by atoms with Crippen molar-refractivity contribution < 1.29 is 21.3 Å². The molecule has 1 aliphatic rings. The van der Waals surface area contributed by atoms with Crippen LogP contribution in [0.4, 0.5) is 0 Å². The first-order valence-electron chi connectivity index (χ1n) is 8.59. The number of sulfone groups is 1. The summed E-state index contributed by atoms with van der Waals surface area (Å²) in [5.74, 6) is 0.309. The van der Waals surface area contributed by atoms with Gasteiger partial charge >= 0.3 is 0 Å². The van der Waals surface area contributed by atoms with Gasteiger partial charge in [-0.3, -0.25) is 0 Å². The average Bonchev–Trinajstić information content (AvgIpc) is 3.28. The number of nitrogens with zero attached hydrogens (tertiary/aromatic N) is 1. The first-order chi connectivity index (χ1) is 12.9. The molecule has 8 heteroatoms. The van der Waals surface area contributed by atoms with Crippen molar-refractivity contribution in [1.82, 2.24) is 4.31 Å². The molecular formula is C19H19NO5S2. The summed E-state index contributed by atoms with van der Waals surface area (Å²) >= 11 is 0. The average molecular weight is 405 g/mol. The van der Waals surface area contributed by atoms with Gasteiger partial charge in [-0.05, 0) is 41.5 Å². The largest absolute Gasteiger partial charge is 0.468 e. The molecule has 2 heterocycles. The predicted molar refractivity (Wildman–Crippen MR) is 102 cm³/mol. The third-order valence-electron chi connectivity index (χ3n) is 4.83. The minimum atomic E-state index is -3.89. The van der Waals surface area contributed by atoms with E-state index in [0.29, 0.717) is 5.76 Å². The lowest BCUT2D eigenvalue weighted by Gasteiger charge is -2.26. The van der Waals surface area contributed by atoms with Crippen LogP contribution in [0.3, 0.4) is 0 Å². The standard InChI is InChI=1S/C19H19NO5S2/c21-26(22)11-9-17(14-26)20(13-18-6-3-10-25-18)27(23,24)19-8-7-15-4-1-2-5-16(15)12-19/h1-8,10,12,17H,9,11,13-14H2/t17-/m0/s1. The van der Waals surface area contributed by atoms with E-state index in [4.69, 9.17) is 4.42 Å². The molecule has 142 valence electrons. The van der Waals surface area contributed by atoms with Gasteiger partial charge in [0.05, 0.1) is 29.2 Å². The van der Waals surface area contributed by atoms with E-state index in [9.17, 15) is 16.8 Å². The smallest absolute Gasteiger partial charge is 0.243 e. The van der Waals surface area contributed by atoms with Crippen LogP contribution < -0.4 is 0 Å². The molecule has 0 bridgehead atoms. The van der Waals surface area contributed by atoms with Crippen molar-refractivity contribution in [3.05, 3.63) is 66.6 Å². The minimum Gasteiger partial charge on any atom is -0.468 e. The number of furan rings is 1. The molecule has 1 aromatic heterocycles. The number of hydrogen-bond acceptors (Lipinski definition) is 5. The molecule has 1 fully saturated rings. The van der Waals surface area contributed by atoms with Gasteiger partial charge in [0.1, 0.15) is 5.76 Å². The zero-order chi connectivity index (χ0) is 19.1. The molecule has 0 saturated carbocycles. The van der Waals surface area contributed by atoms with E-state index < -0.39 is 25.9 Å². The van der Waals surface area contributed by atoms with Crippen LogP contribution in [0.1, 0.15) is 12.2 Å². The van der Waals surface area contributed by atoms with Crippen LogP contribution in [0, 0.1) is 0 Å². The zero-order valence-corrected chi connectivity index (χ0v) is 16.1. The van der Waals surface area contributed by atoms with Crippen molar-refractivity contribution in [3.63, 3.8) is 0 Å². The Morgan fingerprint density at radius 2 is 1.81 bits per heavy atom. The van der Waals surface area contributed by atoms with Crippen molar-refractivity contribution in [1.29, 1.82) is 0 Å². The van der Waals surface area contributed by atoms with Gasteiger partial charge in [0, 0.05) is 6.04 Å². The summed E-state index contributed by atoms with van der Waals surface area (Å²) in [7, 11) is -7.13. The fraction of sp³-hybridized carbons (Fsp3) is 0.263. The minimum absolute atomic E-state index is 0.000435. The molecule has 1 saturated heterocycles. The van der Waals surface area contributed by atoms with Crippen LogP contribution in [0.15, 0.2) is 70.2 Å². The Morgan fingerprint density at radius 3 is 2.48 bits per heavy atom. The Balaban J connectivity index is 1.76.